The van der Waals surface area contributed by atoms with Gasteiger partial charge in [-0.25, -0.2) is 9.59 Å². The maximum atomic E-state index is 12.6. The van der Waals surface area contributed by atoms with Crippen molar-refractivity contribution in [3.8, 4) is 11.5 Å². The Morgan fingerprint density at radius 3 is 1.66 bits per heavy atom. The molecule has 1 rings (SSSR count). The van der Waals surface area contributed by atoms with Crippen molar-refractivity contribution in [3.63, 3.8) is 0 Å². The van der Waals surface area contributed by atoms with E-state index in [4.69, 9.17) is 34.2 Å². The molecule has 2 N–H and O–H groups in total. The third kappa shape index (κ3) is 12.3. The second kappa shape index (κ2) is 15.8. The lowest BCUT2D eigenvalue weighted by molar-refractivity contribution is -0.168. The summed E-state index contributed by atoms with van der Waals surface area (Å²) in [6, 6.07) is 3.28. The number of nitrogens with two attached hydrogens (primary N) is 1. The maximum absolute atomic E-state index is 12.6. The van der Waals surface area contributed by atoms with Gasteiger partial charge in [-0.15, -0.1) is 0 Å². The highest BCUT2D eigenvalue weighted by Gasteiger charge is 2.26. The van der Waals surface area contributed by atoms with Gasteiger partial charge in [0.25, 0.3) is 0 Å². The van der Waals surface area contributed by atoms with Crippen LogP contribution in [0.5, 0.6) is 11.5 Å². The van der Waals surface area contributed by atoms with Crippen LogP contribution in [-0.2, 0) is 35.0 Å². The van der Waals surface area contributed by atoms with Crippen molar-refractivity contribution < 1.29 is 47.6 Å². The molecule has 0 aliphatic carbocycles. The molecule has 0 amide bonds. The van der Waals surface area contributed by atoms with Gasteiger partial charge in [0.2, 0.25) is 0 Å². The smallest absolute Gasteiger partial charge is 0.459 e. The summed E-state index contributed by atoms with van der Waals surface area (Å²) in [5.41, 5.74) is 6.54. The van der Waals surface area contributed by atoms with Crippen LogP contribution < -0.4 is 15.2 Å². The standard InChI is InChI=1S/C27H41NO10/c1-15(2)13-33-26(31)37-22-10-9-20(12-23(22)38-27(32)34-14-16(3)4)11-21(28)25(30)36-19(8)18(7)35-24(29)17(5)6/h9-10,12,15-19,21H,11,13-14,28H2,1-8H3/t18-,19-,21-/m0/s1. The number of hydrogen-bond acceptors (Lipinski definition) is 11. The van der Waals surface area contributed by atoms with Crippen molar-refractivity contribution in [2.45, 2.75) is 80.1 Å². The van der Waals surface area contributed by atoms with E-state index in [1.54, 1.807) is 33.8 Å². The third-order valence-electron chi connectivity index (χ3n) is 4.96. The Balaban J connectivity index is 2.94. The van der Waals surface area contributed by atoms with E-state index in [0.29, 0.717) is 5.56 Å². The van der Waals surface area contributed by atoms with Crippen LogP contribution in [0.4, 0.5) is 9.59 Å². The fourth-order valence-corrected chi connectivity index (χ4v) is 2.67. The molecule has 0 aliphatic heterocycles. The number of hydrogen-bond donors (Lipinski definition) is 1. The zero-order valence-corrected chi connectivity index (χ0v) is 23.5. The van der Waals surface area contributed by atoms with Crippen LogP contribution >= 0.6 is 0 Å². The Bertz CT molecular complexity index is 944. The van der Waals surface area contributed by atoms with Gasteiger partial charge in [-0.2, -0.15) is 0 Å². The second-order valence-corrected chi connectivity index (χ2v) is 10.1. The Kier molecular flexibility index (Phi) is 13.6. The lowest BCUT2D eigenvalue weighted by Crippen LogP contribution is -2.39. The highest BCUT2D eigenvalue weighted by atomic mass is 16.7. The third-order valence-corrected chi connectivity index (χ3v) is 4.96. The van der Waals surface area contributed by atoms with Crippen LogP contribution in [0.2, 0.25) is 0 Å². The Morgan fingerprint density at radius 1 is 0.711 bits per heavy atom. The van der Waals surface area contributed by atoms with Gasteiger partial charge >= 0.3 is 24.2 Å². The molecule has 11 heteroatoms. The van der Waals surface area contributed by atoms with Crippen LogP contribution in [0.3, 0.4) is 0 Å². The number of carbonyl (C=O) groups excluding carboxylic acids is 4. The molecule has 3 atom stereocenters. The van der Waals surface area contributed by atoms with Gasteiger partial charge < -0.3 is 34.2 Å². The lowest BCUT2D eigenvalue weighted by atomic mass is 10.1. The highest BCUT2D eigenvalue weighted by molar-refractivity contribution is 5.76. The van der Waals surface area contributed by atoms with Gasteiger partial charge in [0.05, 0.1) is 19.1 Å². The second-order valence-electron chi connectivity index (χ2n) is 10.1. The molecule has 214 valence electrons. The number of benzene rings is 1. The highest BCUT2D eigenvalue weighted by Crippen LogP contribution is 2.30. The predicted octanol–water partition coefficient (Wildman–Crippen LogP) is 4.42. The monoisotopic (exact) mass is 539 g/mol. The molecule has 0 aliphatic rings. The van der Waals surface area contributed by atoms with Crippen LogP contribution in [0.1, 0.15) is 61.0 Å². The summed E-state index contributed by atoms with van der Waals surface area (Å²) >= 11 is 0. The van der Waals surface area contributed by atoms with E-state index in [1.165, 1.54) is 12.1 Å². The van der Waals surface area contributed by atoms with Crippen molar-refractivity contribution in [2.75, 3.05) is 13.2 Å². The van der Waals surface area contributed by atoms with E-state index in [2.05, 4.69) is 0 Å². The summed E-state index contributed by atoms with van der Waals surface area (Å²) in [7, 11) is 0. The van der Waals surface area contributed by atoms with E-state index >= 15 is 0 Å². The quantitative estimate of drug-likeness (QED) is 0.216. The zero-order valence-electron chi connectivity index (χ0n) is 23.5. The first-order valence-electron chi connectivity index (χ1n) is 12.7. The Morgan fingerprint density at radius 2 is 1.18 bits per heavy atom. The average Bonchev–Trinajstić information content (AvgIpc) is 2.82. The fraction of sp³-hybridized carbons (Fsp3) is 0.630. The van der Waals surface area contributed by atoms with E-state index in [9.17, 15) is 19.2 Å². The molecule has 0 unspecified atom stereocenters. The first-order chi connectivity index (χ1) is 17.7. The van der Waals surface area contributed by atoms with Crippen molar-refractivity contribution in [2.24, 2.45) is 23.5 Å². The van der Waals surface area contributed by atoms with Crippen molar-refractivity contribution in [1.29, 1.82) is 0 Å². The molecule has 0 bridgehead atoms. The molecule has 11 nitrogen and oxygen atoms in total. The van der Waals surface area contributed by atoms with Crippen molar-refractivity contribution in [3.05, 3.63) is 23.8 Å². The van der Waals surface area contributed by atoms with Gasteiger partial charge in [-0.05, 0) is 49.8 Å². The molecule has 0 saturated heterocycles. The summed E-state index contributed by atoms with van der Waals surface area (Å²) < 4.78 is 31.2. The minimum absolute atomic E-state index is 0.0151. The minimum atomic E-state index is -1.08. The Labute approximate surface area is 224 Å². The van der Waals surface area contributed by atoms with Crippen molar-refractivity contribution >= 4 is 24.2 Å². The van der Waals surface area contributed by atoms with Crippen LogP contribution in [-0.4, -0.2) is 55.7 Å². The summed E-state index contributed by atoms with van der Waals surface area (Å²) in [6.07, 6.45) is -3.32. The lowest BCUT2D eigenvalue weighted by Gasteiger charge is -2.23. The maximum Gasteiger partial charge on any atom is 0.513 e. The van der Waals surface area contributed by atoms with Gasteiger partial charge in [-0.1, -0.05) is 47.6 Å². The van der Waals surface area contributed by atoms with Crippen LogP contribution in [0.25, 0.3) is 0 Å². The van der Waals surface area contributed by atoms with E-state index in [1.807, 2.05) is 27.7 Å². The average molecular weight is 540 g/mol. The first kappa shape index (κ1) is 32.7. The summed E-state index contributed by atoms with van der Waals surface area (Å²) in [4.78, 5) is 48.6. The normalized spacial score (nSPS) is 13.5. The largest absolute Gasteiger partial charge is 0.513 e. The summed E-state index contributed by atoms with van der Waals surface area (Å²) in [6.45, 7) is 14.4. The number of carbonyl (C=O) groups is 4. The summed E-state index contributed by atoms with van der Waals surface area (Å²) in [5, 5.41) is 0. The zero-order chi connectivity index (χ0) is 29.0. The van der Waals surface area contributed by atoms with Crippen molar-refractivity contribution in [1.82, 2.24) is 0 Å². The summed E-state index contributed by atoms with van der Waals surface area (Å²) in [5.74, 6) is -1.43. The molecule has 0 saturated carbocycles. The van der Waals surface area contributed by atoms with E-state index in [-0.39, 0.29) is 48.9 Å². The van der Waals surface area contributed by atoms with Gasteiger partial charge in [0.1, 0.15) is 18.2 Å². The molecule has 0 aromatic heterocycles. The molecule has 38 heavy (non-hydrogen) atoms. The first-order valence-corrected chi connectivity index (χ1v) is 12.7. The van der Waals surface area contributed by atoms with Crippen LogP contribution in [0.15, 0.2) is 18.2 Å². The molecule has 0 radical (unpaired) electrons. The van der Waals surface area contributed by atoms with Gasteiger partial charge in [0, 0.05) is 0 Å². The fourth-order valence-electron chi connectivity index (χ4n) is 2.67. The minimum Gasteiger partial charge on any atom is -0.459 e. The van der Waals surface area contributed by atoms with Crippen LogP contribution in [0, 0.1) is 17.8 Å². The number of esters is 2. The molecular weight excluding hydrogens is 498 g/mol. The molecule has 1 aromatic carbocycles. The molecular formula is C27H41NO10. The topological polar surface area (TPSA) is 150 Å². The molecule has 0 spiro atoms. The molecule has 0 heterocycles. The molecule has 0 fully saturated rings. The number of rotatable bonds is 13. The SMILES string of the molecule is CC(C)COC(=O)Oc1ccc(C[C@H](N)C(=O)O[C@@H](C)[C@H](C)OC(=O)C(C)C)cc1OC(=O)OCC(C)C. The predicted molar refractivity (Wildman–Crippen MR) is 138 cm³/mol. The number of ether oxygens (including phenoxy) is 6. The van der Waals surface area contributed by atoms with Gasteiger partial charge in [0.15, 0.2) is 11.5 Å². The van der Waals surface area contributed by atoms with Gasteiger partial charge in [-0.3, -0.25) is 9.59 Å². The molecule has 1 aromatic rings. The van der Waals surface area contributed by atoms with E-state index < -0.39 is 42.5 Å². The van der Waals surface area contributed by atoms with E-state index in [0.717, 1.165) is 0 Å². The Hall–Kier alpha value is -3.34.